The van der Waals surface area contributed by atoms with Crippen LogP contribution in [-0.4, -0.2) is 39.0 Å². The van der Waals surface area contributed by atoms with E-state index in [-0.39, 0.29) is 16.9 Å². The average molecular weight is 303 g/mol. The van der Waals surface area contributed by atoms with Gasteiger partial charge in [-0.3, -0.25) is 4.68 Å². The van der Waals surface area contributed by atoms with E-state index in [1.165, 1.54) is 18.1 Å². The van der Waals surface area contributed by atoms with Gasteiger partial charge in [0.25, 0.3) is 0 Å². The van der Waals surface area contributed by atoms with E-state index in [0.29, 0.717) is 19.5 Å². The number of carboxylic acid groups (broad SMARTS) is 1. The van der Waals surface area contributed by atoms with Crippen molar-refractivity contribution in [2.45, 2.75) is 25.4 Å². The molecule has 8 heteroatoms. The van der Waals surface area contributed by atoms with Gasteiger partial charge in [0, 0.05) is 31.1 Å². The molecule has 1 aromatic rings. The first-order chi connectivity index (χ1) is 9.70. The fraction of sp³-hybridized carbons (Fsp3) is 0.692. The molecule has 1 saturated heterocycles. The smallest absolute Gasteiger partial charge is 0.433 e. The third-order valence-corrected chi connectivity index (χ3v) is 4.56. The minimum Gasteiger partial charge on any atom is -0.465 e. The number of carbonyl (C=O) groups is 1. The van der Waals surface area contributed by atoms with Gasteiger partial charge in [0.1, 0.15) is 5.69 Å². The fourth-order valence-electron chi connectivity index (χ4n) is 3.78. The van der Waals surface area contributed by atoms with Crippen LogP contribution in [0.1, 0.15) is 24.1 Å². The van der Waals surface area contributed by atoms with Crippen molar-refractivity contribution >= 4 is 6.09 Å². The summed E-state index contributed by atoms with van der Waals surface area (Å²) in [6, 6.07) is 0. The Bertz CT molecular complexity index is 568. The predicted molar refractivity (Wildman–Crippen MR) is 66.7 cm³/mol. The van der Waals surface area contributed by atoms with Crippen LogP contribution in [0.5, 0.6) is 0 Å². The average Bonchev–Trinajstić information content (AvgIpc) is 2.59. The highest BCUT2D eigenvalue weighted by atomic mass is 19.4. The molecule has 0 atom stereocenters. The molecule has 5 nitrogen and oxygen atoms in total. The van der Waals surface area contributed by atoms with Crippen molar-refractivity contribution in [2.24, 2.45) is 18.4 Å². The zero-order valence-electron chi connectivity index (χ0n) is 11.5. The maximum Gasteiger partial charge on any atom is 0.433 e. The fourth-order valence-corrected chi connectivity index (χ4v) is 3.78. The molecule has 1 spiro atoms. The Balaban J connectivity index is 1.60. The van der Waals surface area contributed by atoms with E-state index in [1.54, 1.807) is 0 Å². The first-order valence-electron chi connectivity index (χ1n) is 6.76. The van der Waals surface area contributed by atoms with Crippen molar-refractivity contribution in [3.05, 3.63) is 17.5 Å². The molecule has 1 saturated carbocycles. The number of hydrogen-bond acceptors (Lipinski definition) is 2. The summed E-state index contributed by atoms with van der Waals surface area (Å²) in [5.74, 6) is 0.186. The predicted octanol–water partition coefficient (Wildman–Crippen LogP) is 2.37. The number of likely N-dealkylation sites (tertiary alicyclic amines) is 1. The van der Waals surface area contributed by atoms with Crippen molar-refractivity contribution in [1.82, 2.24) is 14.7 Å². The lowest BCUT2D eigenvalue weighted by Gasteiger charge is -2.58. The molecule has 1 N–H and O–H groups in total. The van der Waals surface area contributed by atoms with Gasteiger partial charge in [-0.15, -0.1) is 0 Å². The number of rotatable bonds is 2. The maximum atomic E-state index is 13.0. The summed E-state index contributed by atoms with van der Waals surface area (Å²) in [4.78, 5) is 12.1. The van der Waals surface area contributed by atoms with E-state index in [1.807, 2.05) is 0 Å². The molecule has 0 bridgehead atoms. The number of alkyl halides is 3. The largest absolute Gasteiger partial charge is 0.465 e. The number of hydrogen-bond donors (Lipinski definition) is 1. The lowest BCUT2D eigenvalue weighted by molar-refractivity contribution is -0.144. The molecule has 0 radical (unpaired) electrons. The van der Waals surface area contributed by atoms with Gasteiger partial charge in [0.2, 0.25) is 0 Å². The Morgan fingerprint density at radius 3 is 2.62 bits per heavy atom. The first-order valence-corrected chi connectivity index (χ1v) is 6.76. The molecule has 1 aliphatic carbocycles. The van der Waals surface area contributed by atoms with E-state index in [9.17, 15) is 18.0 Å². The molecule has 1 amide bonds. The molecule has 1 aliphatic heterocycles. The second kappa shape index (κ2) is 4.38. The van der Waals surface area contributed by atoms with Crippen LogP contribution in [0, 0.1) is 11.3 Å². The Kier molecular flexibility index (Phi) is 2.97. The molecule has 21 heavy (non-hydrogen) atoms. The first kappa shape index (κ1) is 14.2. The van der Waals surface area contributed by atoms with E-state index < -0.39 is 18.0 Å². The molecule has 0 unspecified atom stereocenters. The Hall–Kier alpha value is -1.73. The summed E-state index contributed by atoms with van der Waals surface area (Å²) in [5, 5.41) is 12.5. The molecule has 2 fully saturated rings. The maximum absolute atomic E-state index is 13.0. The zero-order chi connectivity index (χ0) is 15.4. The lowest BCUT2D eigenvalue weighted by atomic mass is 9.56. The van der Waals surface area contributed by atoms with Gasteiger partial charge < -0.3 is 10.0 Å². The van der Waals surface area contributed by atoms with Gasteiger partial charge in [0.05, 0.1) is 6.20 Å². The summed E-state index contributed by atoms with van der Waals surface area (Å²) < 4.78 is 39.7. The standard InChI is InChI=1S/C13H16F3N3O2/c1-18-10(13(14,15)16)9(5-17-18)2-8-3-12(4-8)6-19(7-12)11(20)21/h5,8H,2-4,6-7H2,1H3,(H,20,21). The topological polar surface area (TPSA) is 58.4 Å². The number of halogens is 3. The normalized spacial score (nSPS) is 21.2. The number of nitrogens with zero attached hydrogens (tertiary/aromatic N) is 3. The van der Waals surface area contributed by atoms with Gasteiger partial charge in [0.15, 0.2) is 0 Å². The Labute approximate surface area is 119 Å². The van der Waals surface area contributed by atoms with Crippen LogP contribution in [0.2, 0.25) is 0 Å². The summed E-state index contributed by atoms with van der Waals surface area (Å²) in [6.07, 6.45) is -2.07. The van der Waals surface area contributed by atoms with Crippen LogP contribution in [-0.2, 0) is 19.6 Å². The van der Waals surface area contributed by atoms with Crippen molar-refractivity contribution in [3.8, 4) is 0 Å². The molecule has 1 aromatic heterocycles. The molecule has 0 aromatic carbocycles. The SMILES string of the molecule is Cn1ncc(CC2CC3(C2)CN(C(=O)O)C3)c1C(F)(F)F. The van der Waals surface area contributed by atoms with E-state index >= 15 is 0 Å². The zero-order valence-corrected chi connectivity index (χ0v) is 11.5. The number of aromatic nitrogens is 2. The summed E-state index contributed by atoms with van der Waals surface area (Å²) in [7, 11) is 1.30. The van der Waals surface area contributed by atoms with Crippen LogP contribution < -0.4 is 0 Å². The van der Waals surface area contributed by atoms with E-state index in [4.69, 9.17) is 5.11 Å². The molecule has 2 aliphatic rings. The molecular weight excluding hydrogens is 287 g/mol. The van der Waals surface area contributed by atoms with Crippen molar-refractivity contribution in [2.75, 3.05) is 13.1 Å². The Morgan fingerprint density at radius 2 is 2.10 bits per heavy atom. The highest BCUT2D eigenvalue weighted by Crippen LogP contribution is 2.53. The van der Waals surface area contributed by atoms with Gasteiger partial charge in [-0.1, -0.05) is 0 Å². The summed E-state index contributed by atoms with van der Waals surface area (Å²) in [6.45, 7) is 1.02. The quantitative estimate of drug-likeness (QED) is 0.912. The van der Waals surface area contributed by atoms with Crippen LogP contribution in [0.15, 0.2) is 6.20 Å². The monoisotopic (exact) mass is 303 g/mol. The number of aryl methyl sites for hydroxylation is 1. The van der Waals surface area contributed by atoms with Crippen LogP contribution in [0.4, 0.5) is 18.0 Å². The second-order valence-corrected chi connectivity index (χ2v) is 6.26. The molecule has 3 rings (SSSR count). The highest BCUT2D eigenvalue weighted by Gasteiger charge is 2.54. The van der Waals surface area contributed by atoms with Gasteiger partial charge >= 0.3 is 12.3 Å². The van der Waals surface area contributed by atoms with Gasteiger partial charge in [-0.25, -0.2) is 4.79 Å². The number of amides is 1. The van der Waals surface area contributed by atoms with E-state index in [2.05, 4.69) is 5.10 Å². The third-order valence-electron chi connectivity index (χ3n) is 4.56. The Morgan fingerprint density at radius 1 is 1.48 bits per heavy atom. The van der Waals surface area contributed by atoms with Crippen LogP contribution in [0.3, 0.4) is 0 Å². The van der Waals surface area contributed by atoms with Crippen molar-refractivity contribution < 1.29 is 23.1 Å². The molecule has 2 heterocycles. The molecular formula is C13H16F3N3O2. The van der Waals surface area contributed by atoms with Crippen molar-refractivity contribution in [1.29, 1.82) is 0 Å². The van der Waals surface area contributed by atoms with Gasteiger partial charge in [-0.05, 0) is 25.2 Å². The van der Waals surface area contributed by atoms with Gasteiger partial charge in [-0.2, -0.15) is 18.3 Å². The van der Waals surface area contributed by atoms with Crippen LogP contribution in [0.25, 0.3) is 0 Å². The third kappa shape index (κ3) is 2.36. The highest BCUT2D eigenvalue weighted by molar-refractivity contribution is 5.66. The minimum atomic E-state index is -4.39. The van der Waals surface area contributed by atoms with Crippen LogP contribution >= 0.6 is 0 Å². The van der Waals surface area contributed by atoms with Crippen molar-refractivity contribution in [3.63, 3.8) is 0 Å². The summed E-state index contributed by atoms with van der Waals surface area (Å²) >= 11 is 0. The molecule has 116 valence electrons. The second-order valence-electron chi connectivity index (χ2n) is 6.26. The summed E-state index contributed by atoms with van der Waals surface area (Å²) in [5.41, 5.74) is -0.424. The lowest BCUT2D eigenvalue weighted by Crippen LogP contribution is -2.63. The van der Waals surface area contributed by atoms with E-state index in [0.717, 1.165) is 17.5 Å². The minimum absolute atomic E-state index is 0.0175.